The van der Waals surface area contributed by atoms with Gasteiger partial charge in [-0.2, -0.15) is 4.98 Å². The van der Waals surface area contributed by atoms with E-state index >= 15 is 0 Å². The molecular weight excluding hydrogens is 350 g/mol. The molecule has 2 aromatic rings. The van der Waals surface area contributed by atoms with Gasteiger partial charge in [-0.25, -0.2) is 9.59 Å². The van der Waals surface area contributed by atoms with Crippen molar-refractivity contribution < 1.29 is 24.0 Å². The van der Waals surface area contributed by atoms with Gasteiger partial charge in [0.2, 0.25) is 0 Å². The summed E-state index contributed by atoms with van der Waals surface area (Å²) in [4.78, 5) is 26.8. The number of carbonyl (C=O) groups excluding carboxylic acids is 1. The van der Waals surface area contributed by atoms with Crippen LogP contribution in [0.2, 0.25) is 5.02 Å². The molecular formula is C16H18ClN3O5. The van der Waals surface area contributed by atoms with E-state index in [9.17, 15) is 9.59 Å². The zero-order chi connectivity index (χ0) is 18.6. The Labute approximate surface area is 149 Å². The third-order valence-electron chi connectivity index (χ3n) is 2.98. The molecule has 1 unspecified atom stereocenters. The zero-order valence-corrected chi connectivity index (χ0v) is 14.7. The number of aromatic nitrogens is 2. The Morgan fingerprint density at radius 1 is 1.32 bits per heavy atom. The third kappa shape index (κ3) is 5.75. The number of nitrogens with one attached hydrogen (secondary N) is 1. The molecule has 0 bridgehead atoms. The maximum Gasteiger partial charge on any atom is 0.408 e. The predicted octanol–water partition coefficient (Wildman–Crippen LogP) is 3.23. The average Bonchev–Trinajstić information content (AvgIpc) is 2.97. The summed E-state index contributed by atoms with van der Waals surface area (Å²) in [5, 5.41) is 15.8. The minimum atomic E-state index is -1.35. The highest BCUT2D eigenvalue weighted by molar-refractivity contribution is 6.30. The van der Waals surface area contributed by atoms with Crippen molar-refractivity contribution in [3.05, 3.63) is 46.6 Å². The monoisotopic (exact) mass is 367 g/mol. The van der Waals surface area contributed by atoms with Crippen molar-refractivity contribution in [2.75, 3.05) is 0 Å². The number of carboxylic acids is 1. The number of carboxylic acid groups (broad SMARTS) is 1. The Hall–Kier alpha value is -2.61. The summed E-state index contributed by atoms with van der Waals surface area (Å²) >= 11 is 5.87. The second-order valence-corrected chi connectivity index (χ2v) is 6.73. The first-order valence-electron chi connectivity index (χ1n) is 7.45. The van der Waals surface area contributed by atoms with Crippen molar-refractivity contribution in [1.29, 1.82) is 0 Å². The SMILES string of the molecule is CC(C)(C)OC(=O)NC(Cc1ccc(Cl)cc1)c1noc(C(=O)O)n1. The lowest BCUT2D eigenvalue weighted by Gasteiger charge is -2.22. The smallest absolute Gasteiger partial charge is 0.408 e. The second-order valence-electron chi connectivity index (χ2n) is 6.29. The van der Waals surface area contributed by atoms with E-state index in [2.05, 4.69) is 20.0 Å². The van der Waals surface area contributed by atoms with Crippen LogP contribution in [-0.2, 0) is 11.2 Å². The summed E-state index contributed by atoms with van der Waals surface area (Å²) in [6, 6.07) is 6.25. The Morgan fingerprint density at radius 3 is 2.48 bits per heavy atom. The molecule has 0 radical (unpaired) electrons. The van der Waals surface area contributed by atoms with Crippen LogP contribution in [0.5, 0.6) is 0 Å². The van der Waals surface area contributed by atoms with E-state index in [1.54, 1.807) is 45.0 Å². The number of nitrogens with zero attached hydrogens (tertiary/aromatic N) is 2. The van der Waals surface area contributed by atoms with E-state index in [-0.39, 0.29) is 5.82 Å². The van der Waals surface area contributed by atoms with E-state index < -0.39 is 29.6 Å². The number of alkyl carbamates (subject to hydrolysis) is 1. The number of rotatable bonds is 5. The fourth-order valence-corrected chi connectivity index (χ4v) is 2.10. The maximum absolute atomic E-state index is 12.1. The van der Waals surface area contributed by atoms with Gasteiger partial charge in [-0.05, 0) is 38.5 Å². The summed E-state index contributed by atoms with van der Waals surface area (Å²) in [5.74, 6) is -1.86. The highest BCUT2D eigenvalue weighted by atomic mass is 35.5. The van der Waals surface area contributed by atoms with Gasteiger partial charge in [0.15, 0.2) is 5.82 Å². The van der Waals surface area contributed by atoms with Gasteiger partial charge in [0.1, 0.15) is 5.60 Å². The normalized spacial score (nSPS) is 12.5. The van der Waals surface area contributed by atoms with E-state index in [1.807, 2.05) is 0 Å². The molecule has 134 valence electrons. The zero-order valence-electron chi connectivity index (χ0n) is 13.9. The number of aromatic carboxylic acids is 1. The lowest BCUT2D eigenvalue weighted by molar-refractivity contribution is 0.0499. The van der Waals surface area contributed by atoms with Crippen LogP contribution in [0.4, 0.5) is 4.79 Å². The van der Waals surface area contributed by atoms with Gasteiger partial charge in [-0.3, -0.25) is 0 Å². The number of hydrogen-bond acceptors (Lipinski definition) is 6. The molecule has 1 heterocycles. The molecule has 8 nitrogen and oxygen atoms in total. The van der Waals surface area contributed by atoms with Gasteiger partial charge in [0.25, 0.3) is 0 Å². The van der Waals surface area contributed by atoms with Crippen molar-refractivity contribution in [3.8, 4) is 0 Å². The van der Waals surface area contributed by atoms with Gasteiger partial charge in [0, 0.05) is 11.4 Å². The lowest BCUT2D eigenvalue weighted by Crippen LogP contribution is -2.36. The number of hydrogen-bond donors (Lipinski definition) is 2. The molecule has 1 aromatic heterocycles. The summed E-state index contributed by atoms with van der Waals surface area (Å²) in [6.07, 6.45) is -0.372. The Bertz CT molecular complexity index is 752. The van der Waals surface area contributed by atoms with Crippen LogP contribution in [0, 0.1) is 0 Å². The molecule has 1 aromatic carbocycles. The molecule has 1 amide bonds. The van der Waals surface area contributed by atoms with Crippen molar-refractivity contribution >= 4 is 23.7 Å². The molecule has 2 N–H and O–H groups in total. The number of halogens is 1. The summed E-state index contributed by atoms with van der Waals surface area (Å²) < 4.78 is 9.90. The Kier molecular flexibility index (Phi) is 5.63. The number of amides is 1. The summed E-state index contributed by atoms with van der Waals surface area (Å²) in [7, 11) is 0. The van der Waals surface area contributed by atoms with Crippen LogP contribution in [-0.4, -0.2) is 32.9 Å². The minimum absolute atomic E-state index is 0.0400. The molecule has 0 aliphatic heterocycles. The van der Waals surface area contributed by atoms with Gasteiger partial charge in [-0.15, -0.1) is 0 Å². The molecule has 0 saturated carbocycles. The quantitative estimate of drug-likeness (QED) is 0.833. The van der Waals surface area contributed by atoms with Gasteiger partial charge in [-0.1, -0.05) is 28.9 Å². The molecule has 25 heavy (non-hydrogen) atoms. The number of ether oxygens (including phenoxy) is 1. The highest BCUT2D eigenvalue weighted by Crippen LogP contribution is 2.19. The van der Waals surface area contributed by atoms with E-state index in [4.69, 9.17) is 21.4 Å². The highest BCUT2D eigenvalue weighted by Gasteiger charge is 2.25. The number of benzene rings is 1. The molecule has 2 rings (SSSR count). The van der Waals surface area contributed by atoms with E-state index in [0.717, 1.165) is 5.56 Å². The molecule has 1 atom stereocenters. The second kappa shape index (κ2) is 7.52. The van der Waals surface area contributed by atoms with Crippen molar-refractivity contribution in [3.63, 3.8) is 0 Å². The predicted molar refractivity (Wildman–Crippen MR) is 88.5 cm³/mol. The largest absolute Gasteiger partial charge is 0.474 e. The molecule has 0 aliphatic carbocycles. The van der Waals surface area contributed by atoms with Crippen LogP contribution in [0.25, 0.3) is 0 Å². The first-order chi connectivity index (χ1) is 11.6. The van der Waals surface area contributed by atoms with Gasteiger partial charge < -0.3 is 19.7 Å². The third-order valence-corrected chi connectivity index (χ3v) is 3.23. The van der Waals surface area contributed by atoms with E-state index in [0.29, 0.717) is 11.4 Å². The standard InChI is InChI=1S/C16H18ClN3O5/c1-16(2,3)24-15(23)18-11(8-9-4-6-10(17)7-5-9)12-19-13(14(21)22)25-20-12/h4-7,11H,8H2,1-3H3,(H,18,23)(H,21,22). The van der Waals surface area contributed by atoms with Crippen LogP contribution < -0.4 is 5.32 Å². The fourth-order valence-electron chi connectivity index (χ4n) is 1.98. The lowest BCUT2D eigenvalue weighted by atomic mass is 10.1. The first-order valence-corrected chi connectivity index (χ1v) is 7.83. The van der Waals surface area contributed by atoms with Crippen molar-refractivity contribution in [1.82, 2.24) is 15.5 Å². The Morgan fingerprint density at radius 2 is 1.96 bits per heavy atom. The molecule has 9 heteroatoms. The van der Waals surface area contributed by atoms with Gasteiger partial charge in [0.05, 0.1) is 6.04 Å². The molecule has 0 aliphatic rings. The topological polar surface area (TPSA) is 115 Å². The molecule has 0 saturated heterocycles. The first kappa shape index (κ1) is 18.7. The fraction of sp³-hybridized carbons (Fsp3) is 0.375. The minimum Gasteiger partial charge on any atom is -0.474 e. The maximum atomic E-state index is 12.1. The van der Waals surface area contributed by atoms with Crippen LogP contribution in [0.3, 0.4) is 0 Å². The molecule has 0 fully saturated rings. The summed E-state index contributed by atoms with van der Waals surface area (Å²) in [5.41, 5.74) is 0.158. The van der Waals surface area contributed by atoms with Crippen LogP contribution in [0.15, 0.2) is 28.8 Å². The average molecular weight is 368 g/mol. The summed E-state index contributed by atoms with van der Waals surface area (Å²) in [6.45, 7) is 5.20. The van der Waals surface area contributed by atoms with Crippen molar-refractivity contribution in [2.45, 2.75) is 38.8 Å². The van der Waals surface area contributed by atoms with Crippen LogP contribution >= 0.6 is 11.6 Å². The Balaban J connectivity index is 2.21. The number of carbonyl (C=O) groups is 2. The van der Waals surface area contributed by atoms with Crippen molar-refractivity contribution in [2.24, 2.45) is 0 Å². The molecule has 0 spiro atoms. The van der Waals surface area contributed by atoms with Gasteiger partial charge >= 0.3 is 18.0 Å². The van der Waals surface area contributed by atoms with Crippen LogP contribution in [0.1, 0.15) is 48.9 Å². The van der Waals surface area contributed by atoms with E-state index in [1.165, 1.54) is 0 Å².